The summed E-state index contributed by atoms with van der Waals surface area (Å²) >= 11 is 0. The maximum Gasteiger partial charge on any atom is 0.260 e. The molecule has 0 bridgehead atoms. The number of aromatic nitrogens is 4. The van der Waals surface area contributed by atoms with Gasteiger partial charge in [-0.15, -0.1) is 0 Å². The van der Waals surface area contributed by atoms with Crippen molar-refractivity contribution in [3.63, 3.8) is 0 Å². The molecule has 0 aliphatic carbocycles. The van der Waals surface area contributed by atoms with Crippen LogP contribution in [-0.2, 0) is 0 Å². The minimum atomic E-state index is -0.852. The summed E-state index contributed by atoms with van der Waals surface area (Å²) in [5, 5.41) is 26.9. The van der Waals surface area contributed by atoms with E-state index < -0.39 is 5.60 Å². The fraction of sp³-hybridized carbons (Fsp3) is 0.231. The number of hydrogen-bond acceptors (Lipinski definition) is 8. The van der Waals surface area contributed by atoms with Crippen LogP contribution in [0.2, 0.25) is 0 Å². The van der Waals surface area contributed by atoms with Crippen molar-refractivity contribution in [2.45, 2.75) is 25.9 Å². The number of aliphatic hydroxyl groups excluding tert-OH is 1. The minimum absolute atomic E-state index is 0.272. The first-order valence-corrected chi connectivity index (χ1v) is 10.9. The van der Waals surface area contributed by atoms with E-state index in [9.17, 15) is 15.2 Å². The molecule has 5 N–H and O–H groups in total. The van der Waals surface area contributed by atoms with E-state index in [1.165, 1.54) is 12.5 Å². The molecule has 3 heterocycles. The summed E-state index contributed by atoms with van der Waals surface area (Å²) in [4.78, 5) is 23.8. The van der Waals surface area contributed by atoms with Crippen LogP contribution in [-0.4, -0.2) is 49.0 Å². The molecule has 0 spiro atoms. The van der Waals surface area contributed by atoms with Crippen molar-refractivity contribution in [1.82, 2.24) is 19.5 Å². The van der Waals surface area contributed by atoms with Gasteiger partial charge in [-0.2, -0.15) is 5.26 Å². The predicted molar refractivity (Wildman–Crippen MR) is 139 cm³/mol. The highest BCUT2D eigenvalue weighted by Crippen LogP contribution is 2.32. The van der Waals surface area contributed by atoms with E-state index in [-0.39, 0.29) is 12.2 Å². The van der Waals surface area contributed by atoms with Crippen molar-refractivity contribution < 1.29 is 14.9 Å². The second kappa shape index (κ2) is 12.9. The second-order valence-corrected chi connectivity index (χ2v) is 8.02. The number of pyridine rings is 1. The Morgan fingerprint density at radius 2 is 2.06 bits per heavy atom. The maximum atomic E-state index is 12.6. The molecule has 4 rings (SSSR count). The molecule has 10 nitrogen and oxygen atoms in total. The van der Waals surface area contributed by atoms with Crippen molar-refractivity contribution in [3.05, 3.63) is 83.9 Å². The fourth-order valence-electron chi connectivity index (χ4n) is 3.30. The third-order valence-corrected chi connectivity index (χ3v) is 4.90. The number of H-pyrrole nitrogens is 1. The Bertz CT molecular complexity index is 1380. The number of aliphatic hydroxyl groups is 2. The summed E-state index contributed by atoms with van der Waals surface area (Å²) in [6, 6.07) is 11.0. The normalized spacial score (nSPS) is 10.3. The van der Waals surface area contributed by atoms with Gasteiger partial charge in [0.05, 0.1) is 41.4 Å². The number of nitrogens with one attached hydrogen (secondary N) is 1. The third-order valence-electron chi connectivity index (χ3n) is 4.90. The lowest BCUT2D eigenvalue weighted by Gasteiger charge is -2.17. The average Bonchev–Trinajstić information content (AvgIpc) is 3.27. The molecule has 0 saturated heterocycles. The van der Waals surface area contributed by atoms with Crippen LogP contribution >= 0.6 is 0 Å². The van der Waals surface area contributed by atoms with Crippen LogP contribution in [0.4, 0.5) is 0 Å². The van der Waals surface area contributed by atoms with Crippen LogP contribution in [0, 0.1) is 11.3 Å². The molecular formula is C26H30N6O4. The number of nitriles is 1. The molecule has 0 amide bonds. The number of aromatic amines is 1. The molecule has 188 valence electrons. The Hall–Kier alpha value is -4.46. The number of nitrogens with two attached hydrogens (primary N) is 1. The van der Waals surface area contributed by atoms with Gasteiger partial charge in [0.15, 0.2) is 5.65 Å². The zero-order valence-electron chi connectivity index (χ0n) is 20.5. The lowest BCUT2D eigenvalue weighted by Crippen LogP contribution is -2.21. The lowest BCUT2D eigenvalue weighted by atomic mass is 10.0. The average molecular weight is 491 g/mol. The molecule has 0 fully saturated rings. The number of rotatable bonds is 6. The first-order valence-electron chi connectivity index (χ1n) is 10.9. The highest BCUT2D eigenvalue weighted by Gasteiger charge is 2.18. The molecule has 0 atom stereocenters. The Balaban J connectivity index is 0.000000850. The van der Waals surface area contributed by atoms with Crippen molar-refractivity contribution >= 4 is 11.0 Å². The minimum Gasteiger partial charge on any atom is -0.492 e. The van der Waals surface area contributed by atoms with Crippen LogP contribution in [0.25, 0.3) is 27.8 Å². The molecule has 4 aromatic rings. The number of nitrogens with zero attached hydrogens (tertiary/aromatic N) is 4. The first kappa shape index (κ1) is 27.8. The smallest absolute Gasteiger partial charge is 0.260 e. The molecule has 3 aromatic heterocycles. The van der Waals surface area contributed by atoms with Gasteiger partial charge in [-0.1, -0.05) is 12.6 Å². The van der Waals surface area contributed by atoms with Crippen molar-refractivity contribution in [2.75, 3.05) is 13.7 Å². The van der Waals surface area contributed by atoms with Gasteiger partial charge >= 0.3 is 0 Å². The summed E-state index contributed by atoms with van der Waals surface area (Å²) in [7, 11) is 1.00. The topological polar surface area (TPSA) is 163 Å². The van der Waals surface area contributed by atoms with Crippen LogP contribution in [0.5, 0.6) is 5.75 Å². The molecule has 36 heavy (non-hydrogen) atoms. The molecule has 0 aliphatic heterocycles. The molecular weight excluding hydrogens is 460 g/mol. The van der Waals surface area contributed by atoms with E-state index in [4.69, 9.17) is 9.84 Å². The van der Waals surface area contributed by atoms with Crippen molar-refractivity contribution in [2.24, 2.45) is 5.73 Å². The van der Waals surface area contributed by atoms with Gasteiger partial charge in [0, 0.05) is 31.5 Å². The van der Waals surface area contributed by atoms with Gasteiger partial charge in [0.2, 0.25) is 0 Å². The van der Waals surface area contributed by atoms with Crippen LogP contribution in [0.3, 0.4) is 0 Å². The summed E-state index contributed by atoms with van der Waals surface area (Å²) in [6.45, 7) is 6.82. The lowest BCUT2D eigenvalue weighted by molar-refractivity contribution is 0.0553. The Labute approximate surface area is 209 Å². The second-order valence-electron chi connectivity index (χ2n) is 8.02. The standard InChI is InChI=1S/C23H21N5O3.C2H5N.CH4O/c1-23(2,30)7-9-31-19-6-5-15(10-16(19)11-24)18-13-28(17-4-3-8-25-12-17)21-20(18)22(29)27-14-26-21;1-2-3;1-2/h3-6,8,10,12-14,30H,7,9H2,1-2H3,(H,26,27,29);2H,1,3H2;2H,1H3. The van der Waals surface area contributed by atoms with Crippen LogP contribution in [0.15, 0.2) is 72.8 Å². The predicted octanol–water partition coefficient (Wildman–Crippen LogP) is 2.88. The number of benzene rings is 1. The highest BCUT2D eigenvalue weighted by atomic mass is 16.5. The fourth-order valence-corrected chi connectivity index (χ4v) is 3.30. The van der Waals surface area contributed by atoms with E-state index in [2.05, 4.69) is 33.3 Å². The van der Waals surface area contributed by atoms with Gasteiger partial charge in [-0.3, -0.25) is 14.3 Å². The highest BCUT2D eigenvalue weighted by molar-refractivity contribution is 5.94. The zero-order valence-corrected chi connectivity index (χ0v) is 20.5. The Morgan fingerprint density at radius 1 is 1.33 bits per heavy atom. The number of hydrogen-bond donors (Lipinski definition) is 4. The molecule has 0 aliphatic rings. The third kappa shape index (κ3) is 6.79. The van der Waals surface area contributed by atoms with Gasteiger partial charge in [0.25, 0.3) is 5.56 Å². The molecule has 0 radical (unpaired) electrons. The monoisotopic (exact) mass is 490 g/mol. The van der Waals surface area contributed by atoms with E-state index in [0.29, 0.717) is 39.9 Å². The van der Waals surface area contributed by atoms with Crippen molar-refractivity contribution in [3.8, 4) is 28.6 Å². The van der Waals surface area contributed by atoms with E-state index in [0.717, 1.165) is 12.8 Å². The van der Waals surface area contributed by atoms with Crippen LogP contribution < -0.4 is 16.0 Å². The van der Waals surface area contributed by atoms with Crippen molar-refractivity contribution in [1.29, 1.82) is 5.26 Å². The zero-order chi connectivity index (χ0) is 26.7. The number of ether oxygens (including phenoxy) is 1. The van der Waals surface area contributed by atoms with E-state index >= 15 is 0 Å². The summed E-state index contributed by atoms with van der Waals surface area (Å²) in [5.74, 6) is 0.429. The SMILES string of the molecule is C=CN.CC(C)(O)CCOc1ccc(-c2cn(-c3cccnc3)c3nc[nH]c(=O)c23)cc1C#N.CO. The molecule has 1 aromatic carbocycles. The van der Waals surface area contributed by atoms with Crippen LogP contribution in [0.1, 0.15) is 25.8 Å². The van der Waals surface area contributed by atoms with E-state index in [1.807, 2.05) is 18.3 Å². The summed E-state index contributed by atoms with van der Waals surface area (Å²) in [6.07, 6.45) is 8.22. The van der Waals surface area contributed by atoms with Gasteiger partial charge in [0.1, 0.15) is 11.8 Å². The summed E-state index contributed by atoms with van der Waals surface area (Å²) in [5.41, 5.74) is 6.43. The van der Waals surface area contributed by atoms with Gasteiger partial charge in [-0.05, 0) is 49.9 Å². The largest absolute Gasteiger partial charge is 0.492 e. The quantitative estimate of drug-likeness (QED) is 0.320. The molecule has 0 unspecified atom stereocenters. The Kier molecular flexibility index (Phi) is 9.92. The van der Waals surface area contributed by atoms with Gasteiger partial charge < -0.3 is 25.7 Å². The first-order chi connectivity index (χ1) is 17.3. The maximum absolute atomic E-state index is 12.6. The molecule has 10 heteroatoms. The summed E-state index contributed by atoms with van der Waals surface area (Å²) < 4.78 is 7.50. The molecule has 0 saturated carbocycles. The van der Waals surface area contributed by atoms with Gasteiger partial charge in [-0.25, -0.2) is 4.98 Å². The number of fused-ring (bicyclic) bond motifs is 1. The van der Waals surface area contributed by atoms with E-state index in [1.54, 1.807) is 49.0 Å². The Morgan fingerprint density at radius 3 is 2.67 bits per heavy atom.